The molecule has 31 heavy (non-hydrogen) atoms. The maximum Gasteiger partial charge on any atom is 0.328 e. The third-order valence-electron chi connectivity index (χ3n) is 6.12. The van der Waals surface area contributed by atoms with Crippen LogP contribution in [0.4, 0.5) is 0 Å². The summed E-state index contributed by atoms with van der Waals surface area (Å²) in [5, 5.41) is 11.2. The molecule has 0 radical (unpaired) electrons. The van der Waals surface area contributed by atoms with Gasteiger partial charge in [0.2, 0.25) is 0 Å². The van der Waals surface area contributed by atoms with Crippen LogP contribution in [-0.2, 0) is 21.6 Å². The molecule has 0 aliphatic carbocycles. The van der Waals surface area contributed by atoms with E-state index in [9.17, 15) is 9.90 Å². The molecule has 1 N–H and O–H groups in total. The number of ether oxygens (including phenoxy) is 1. The van der Waals surface area contributed by atoms with Crippen LogP contribution in [0.5, 0.6) is 0 Å². The Bertz CT molecular complexity index is 952. The Labute approximate surface area is 184 Å². The summed E-state index contributed by atoms with van der Waals surface area (Å²) < 4.78 is 5.71. The Morgan fingerprint density at radius 2 is 1.42 bits per heavy atom. The first-order valence-corrected chi connectivity index (χ1v) is 10.9. The predicted molar refractivity (Wildman–Crippen MR) is 121 cm³/mol. The van der Waals surface area contributed by atoms with Crippen molar-refractivity contribution in [2.75, 3.05) is 19.7 Å². The van der Waals surface area contributed by atoms with Gasteiger partial charge in [-0.15, -0.1) is 0 Å². The maximum absolute atomic E-state index is 13.1. The Hall–Kier alpha value is -2.95. The molecule has 1 aliphatic rings. The molecule has 1 aliphatic heterocycles. The second kappa shape index (κ2) is 9.90. The number of esters is 1. The van der Waals surface area contributed by atoms with Crippen molar-refractivity contribution >= 4 is 5.97 Å². The second-order valence-electron chi connectivity index (χ2n) is 8.15. The molecule has 3 aromatic carbocycles. The third-order valence-corrected chi connectivity index (χ3v) is 6.12. The van der Waals surface area contributed by atoms with Crippen LogP contribution in [0.3, 0.4) is 0 Å². The van der Waals surface area contributed by atoms with E-state index in [1.807, 2.05) is 91.0 Å². The number of carbonyl (C=O) groups is 1. The number of hydrogen-bond donors (Lipinski definition) is 1. The van der Waals surface area contributed by atoms with Gasteiger partial charge in [-0.1, -0.05) is 91.0 Å². The lowest BCUT2D eigenvalue weighted by molar-refractivity contribution is -0.152. The molecule has 4 rings (SSSR count). The van der Waals surface area contributed by atoms with Crippen LogP contribution in [0.15, 0.2) is 91.0 Å². The summed E-state index contributed by atoms with van der Waals surface area (Å²) in [6.45, 7) is 1.60. The molecule has 1 heterocycles. The van der Waals surface area contributed by atoms with Gasteiger partial charge in [0.1, 0.15) is 6.04 Å². The van der Waals surface area contributed by atoms with E-state index in [1.54, 1.807) is 0 Å². The summed E-state index contributed by atoms with van der Waals surface area (Å²) in [6, 6.07) is 29.2. The zero-order valence-electron chi connectivity index (χ0n) is 17.7. The molecule has 1 saturated heterocycles. The average Bonchev–Trinajstić information content (AvgIpc) is 2.83. The molecule has 0 bridgehead atoms. The van der Waals surface area contributed by atoms with Crippen molar-refractivity contribution in [1.29, 1.82) is 0 Å². The average molecular weight is 416 g/mol. The normalized spacial score (nSPS) is 17.1. The van der Waals surface area contributed by atoms with Crippen molar-refractivity contribution in [2.45, 2.75) is 30.9 Å². The SMILES string of the molecule is O=C(OCCc1ccccc1)[C@@H](c1ccccc1)N1CCC(O)(c2ccccc2)CC1. The van der Waals surface area contributed by atoms with Crippen molar-refractivity contribution < 1.29 is 14.6 Å². The Balaban J connectivity index is 1.44. The third kappa shape index (κ3) is 5.22. The molecule has 0 unspecified atom stereocenters. The molecule has 3 aromatic rings. The van der Waals surface area contributed by atoms with Crippen LogP contribution >= 0.6 is 0 Å². The molecule has 160 valence electrons. The Morgan fingerprint density at radius 3 is 2.03 bits per heavy atom. The molecule has 4 nitrogen and oxygen atoms in total. The highest BCUT2D eigenvalue weighted by atomic mass is 16.5. The zero-order chi connectivity index (χ0) is 21.5. The first kappa shape index (κ1) is 21.3. The smallest absolute Gasteiger partial charge is 0.328 e. The lowest BCUT2D eigenvalue weighted by Crippen LogP contribution is -2.46. The quantitative estimate of drug-likeness (QED) is 0.578. The highest BCUT2D eigenvalue weighted by Gasteiger charge is 2.38. The summed E-state index contributed by atoms with van der Waals surface area (Å²) in [5.41, 5.74) is 2.17. The number of rotatable bonds is 7. The minimum atomic E-state index is -0.851. The molecule has 0 spiro atoms. The first-order chi connectivity index (χ1) is 15.2. The number of hydrogen-bond acceptors (Lipinski definition) is 4. The molecular weight excluding hydrogens is 386 g/mol. The van der Waals surface area contributed by atoms with E-state index in [4.69, 9.17) is 4.74 Å². The minimum absolute atomic E-state index is 0.229. The van der Waals surface area contributed by atoms with Gasteiger partial charge >= 0.3 is 5.97 Å². The number of carbonyl (C=O) groups excluding carboxylic acids is 1. The highest BCUT2D eigenvalue weighted by Crippen LogP contribution is 2.36. The van der Waals surface area contributed by atoms with Gasteiger partial charge in [-0.05, 0) is 29.5 Å². The zero-order valence-corrected chi connectivity index (χ0v) is 17.7. The number of aliphatic hydroxyl groups is 1. The number of piperidine rings is 1. The van der Waals surface area contributed by atoms with E-state index in [2.05, 4.69) is 4.90 Å². The summed E-state index contributed by atoms with van der Waals surface area (Å²) in [7, 11) is 0. The van der Waals surface area contributed by atoms with E-state index in [-0.39, 0.29) is 5.97 Å². The van der Waals surface area contributed by atoms with Crippen LogP contribution in [-0.4, -0.2) is 35.7 Å². The molecular formula is C27H29NO3. The fourth-order valence-corrected chi connectivity index (χ4v) is 4.31. The van der Waals surface area contributed by atoms with Gasteiger partial charge in [0.15, 0.2) is 0 Å². The minimum Gasteiger partial charge on any atom is -0.464 e. The second-order valence-corrected chi connectivity index (χ2v) is 8.15. The maximum atomic E-state index is 13.1. The Kier molecular flexibility index (Phi) is 6.80. The van der Waals surface area contributed by atoms with Crippen molar-refractivity contribution in [3.8, 4) is 0 Å². The molecule has 4 heteroatoms. The van der Waals surface area contributed by atoms with E-state index in [0.29, 0.717) is 39.0 Å². The van der Waals surface area contributed by atoms with Gasteiger partial charge in [0.25, 0.3) is 0 Å². The van der Waals surface area contributed by atoms with Crippen LogP contribution in [0, 0.1) is 0 Å². The topological polar surface area (TPSA) is 49.8 Å². The van der Waals surface area contributed by atoms with Gasteiger partial charge in [-0.3, -0.25) is 4.90 Å². The lowest BCUT2D eigenvalue weighted by atomic mass is 9.83. The molecule has 0 aromatic heterocycles. The highest BCUT2D eigenvalue weighted by molar-refractivity contribution is 5.77. The van der Waals surface area contributed by atoms with Crippen LogP contribution in [0.1, 0.15) is 35.6 Å². The van der Waals surface area contributed by atoms with Gasteiger partial charge < -0.3 is 9.84 Å². The number of nitrogens with zero attached hydrogens (tertiary/aromatic N) is 1. The lowest BCUT2D eigenvalue weighted by Gasteiger charge is -2.41. The fourth-order valence-electron chi connectivity index (χ4n) is 4.31. The van der Waals surface area contributed by atoms with Gasteiger partial charge in [0.05, 0.1) is 12.2 Å². The standard InChI is InChI=1S/C27H29NO3/c29-26(31-21-16-22-10-4-1-5-11-22)25(23-12-6-2-7-13-23)28-19-17-27(30,18-20-28)24-14-8-3-9-15-24/h1-15,25,30H,16-21H2/t25-/m1/s1. The van der Waals surface area contributed by atoms with Gasteiger partial charge in [-0.25, -0.2) is 4.79 Å². The van der Waals surface area contributed by atoms with Gasteiger partial charge in [0, 0.05) is 19.5 Å². The van der Waals surface area contributed by atoms with Crippen molar-refractivity contribution in [2.24, 2.45) is 0 Å². The van der Waals surface area contributed by atoms with Crippen molar-refractivity contribution in [3.63, 3.8) is 0 Å². The molecule has 1 atom stereocenters. The summed E-state index contributed by atoms with van der Waals surface area (Å²) in [5.74, 6) is -0.229. The Morgan fingerprint density at radius 1 is 0.871 bits per heavy atom. The molecule has 0 amide bonds. The van der Waals surface area contributed by atoms with E-state index >= 15 is 0 Å². The van der Waals surface area contributed by atoms with E-state index in [0.717, 1.165) is 16.7 Å². The van der Waals surface area contributed by atoms with E-state index in [1.165, 1.54) is 0 Å². The van der Waals surface area contributed by atoms with Gasteiger partial charge in [-0.2, -0.15) is 0 Å². The van der Waals surface area contributed by atoms with Crippen LogP contribution in [0.2, 0.25) is 0 Å². The summed E-state index contributed by atoms with van der Waals surface area (Å²) in [6.07, 6.45) is 1.86. The predicted octanol–water partition coefficient (Wildman–Crippen LogP) is 4.50. The van der Waals surface area contributed by atoms with E-state index < -0.39 is 11.6 Å². The van der Waals surface area contributed by atoms with Crippen LogP contribution in [0.25, 0.3) is 0 Å². The monoisotopic (exact) mass is 415 g/mol. The first-order valence-electron chi connectivity index (χ1n) is 10.9. The molecule has 0 saturated carbocycles. The summed E-state index contributed by atoms with van der Waals surface area (Å²) >= 11 is 0. The summed E-state index contributed by atoms with van der Waals surface area (Å²) in [4.78, 5) is 15.3. The van der Waals surface area contributed by atoms with Crippen LogP contribution < -0.4 is 0 Å². The number of benzene rings is 3. The van der Waals surface area contributed by atoms with Crippen molar-refractivity contribution in [3.05, 3.63) is 108 Å². The molecule has 1 fully saturated rings. The largest absolute Gasteiger partial charge is 0.464 e. The fraction of sp³-hybridized carbons (Fsp3) is 0.296. The number of likely N-dealkylation sites (tertiary alicyclic amines) is 1. The van der Waals surface area contributed by atoms with Crippen molar-refractivity contribution in [1.82, 2.24) is 4.90 Å².